The molecule has 1 amide bonds. The van der Waals surface area contributed by atoms with Gasteiger partial charge in [-0.3, -0.25) is 19.3 Å². The summed E-state index contributed by atoms with van der Waals surface area (Å²) in [5.74, 6) is -7.79. The predicted octanol–water partition coefficient (Wildman–Crippen LogP) is 0.310. The Morgan fingerprint density at radius 3 is 2.54 bits per heavy atom. The van der Waals surface area contributed by atoms with Gasteiger partial charge < -0.3 is 31.5 Å². The Hall–Kier alpha value is -3.28. The van der Waals surface area contributed by atoms with Gasteiger partial charge in [-0.05, 0) is 58.2 Å². The maximum absolute atomic E-state index is 16.1. The molecule has 0 spiro atoms. The lowest BCUT2D eigenvalue weighted by molar-refractivity contribution is -0.150. The smallest absolute Gasteiger partial charge is 0.255 e. The zero-order valence-electron chi connectivity index (χ0n) is 20.3. The number of rotatable bonds is 2. The van der Waals surface area contributed by atoms with Crippen LogP contribution in [0.15, 0.2) is 16.9 Å². The molecule has 4 aliphatic carbocycles. The first kappa shape index (κ1) is 24.1. The first-order chi connectivity index (χ1) is 17.4. The van der Waals surface area contributed by atoms with Crippen molar-refractivity contribution < 1.29 is 39.2 Å². The minimum absolute atomic E-state index is 0.0569. The van der Waals surface area contributed by atoms with Crippen LogP contribution in [0.3, 0.4) is 0 Å². The van der Waals surface area contributed by atoms with Crippen LogP contribution in [0.25, 0.3) is 5.76 Å². The van der Waals surface area contributed by atoms with Crippen LogP contribution in [0.4, 0.5) is 4.39 Å². The number of halogens is 1. The highest BCUT2D eigenvalue weighted by Gasteiger charge is 2.63. The van der Waals surface area contributed by atoms with Crippen LogP contribution in [0.1, 0.15) is 41.1 Å². The molecule has 196 valence electrons. The Morgan fingerprint density at radius 1 is 1.19 bits per heavy atom. The van der Waals surface area contributed by atoms with Crippen LogP contribution >= 0.6 is 0 Å². The van der Waals surface area contributed by atoms with E-state index >= 15 is 4.39 Å². The fourth-order valence-electron chi connectivity index (χ4n) is 7.64. The molecule has 11 heteroatoms. The van der Waals surface area contributed by atoms with Gasteiger partial charge in [-0.15, -0.1) is 0 Å². The van der Waals surface area contributed by atoms with E-state index in [0.717, 1.165) is 13.0 Å². The number of hydrogen-bond donors (Lipinski definition) is 6. The van der Waals surface area contributed by atoms with E-state index < -0.39 is 63.9 Å². The summed E-state index contributed by atoms with van der Waals surface area (Å²) >= 11 is 0. The highest BCUT2D eigenvalue weighted by atomic mass is 19.1. The number of carbonyl (C=O) groups excluding carboxylic acids is 3. The number of phenolic OH excluding ortho intramolecular Hbond substituents is 1. The van der Waals surface area contributed by atoms with Crippen molar-refractivity contribution in [1.82, 2.24) is 10.2 Å². The molecule has 5 aliphatic rings. The molecule has 0 aromatic heterocycles. The second-order valence-corrected chi connectivity index (χ2v) is 10.9. The second kappa shape index (κ2) is 7.62. The fraction of sp³-hybridized carbons (Fsp3) is 0.500. The maximum atomic E-state index is 16.1. The summed E-state index contributed by atoms with van der Waals surface area (Å²) in [6.45, 7) is 0.808. The van der Waals surface area contributed by atoms with E-state index in [1.807, 2.05) is 7.05 Å². The molecule has 1 aromatic carbocycles. The van der Waals surface area contributed by atoms with E-state index in [2.05, 4.69) is 10.2 Å². The largest absolute Gasteiger partial charge is 0.508 e. The lowest BCUT2D eigenvalue weighted by Gasteiger charge is -2.48. The van der Waals surface area contributed by atoms with Gasteiger partial charge >= 0.3 is 0 Å². The molecule has 1 aliphatic heterocycles. The lowest BCUT2D eigenvalue weighted by atomic mass is 9.57. The second-order valence-electron chi connectivity index (χ2n) is 10.9. The molecule has 2 fully saturated rings. The highest BCUT2D eigenvalue weighted by molar-refractivity contribution is 6.24. The van der Waals surface area contributed by atoms with Crippen molar-refractivity contribution in [3.05, 3.63) is 45.0 Å². The predicted molar refractivity (Wildman–Crippen MR) is 127 cm³/mol. The van der Waals surface area contributed by atoms with Gasteiger partial charge in [-0.2, -0.15) is 0 Å². The number of amides is 1. The average Bonchev–Trinajstić information content (AvgIpc) is 3.40. The van der Waals surface area contributed by atoms with E-state index in [4.69, 9.17) is 5.73 Å². The van der Waals surface area contributed by atoms with Gasteiger partial charge in [0.05, 0.1) is 11.6 Å². The molecule has 37 heavy (non-hydrogen) atoms. The van der Waals surface area contributed by atoms with Gasteiger partial charge in [0.25, 0.3) is 5.91 Å². The number of aromatic hydroxyl groups is 1. The Labute approximate surface area is 211 Å². The van der Waals surface area contributed by atoms with Gasteiger partial charge in [0, 0.05) is 34.2 Å². The number of likely N-dealkylation sites (tertiary alicyclic amines) is 1. The lowest BCUT2D eigenvalue weighted by Crippen LogP contribution is -2.65. The first-order valence-electron chi connectivity index (χ1n) is 12.4. The number of nitrogens with two attached hydrogens (primary N) is 1. The number of aliphatic hydroxyl groups is 3. The summed E-state index contributed by atoms with van der Waals surface area (Å²) in [7, 11) is 3.31. The van der Waals surface area contributed by atoms with Crippen LogP contribution in [0.2, 0.25) is 0 Å². The van der Waals surface area contributed by atoms with E-state index in [1.165, 1.54) is 7.05 Å². The van der Waals surface area contributed by atoms with Crippen molar-refractivity contribution in [2.75, 3.05) is 20.6 Å². The highest BCUT2D eigenvalue weighted by Crippen LogP contribution is 2.56. The number of nitrogens with zero attached hydrogens (tertiary/aromatic N) is 1. The number of phenols is 1. The average molecular weight is 514 g/mol. The van der Waals surface area contributed by atoms with Crippen molar-refractivity contribution in [1.29, 1.82) is 0 Å². The number of aliphatic hydroxyl groups excluding tert-OH is 2. The molecule has 1 heterocycles. The zero-order valence-corrected chi connectivity index (χ0v) is 20.3. The molecule has 10 nitrogen and oxygen atoms in total. The van der Waals surface area contributed by atoms with Crippen molar-refractivity contribution in [3.63, 3.8) is 0 Å². The summed E-state index contributed by atoms with van der Waals surface area (Å²) < 4.78 is 16.1. The topological polar surface area (TPSA) is 173 Å². The summed E-state index contributed by atoms with van der Waals surface area (Å²) in [6.07, 6.45) is 1.13. The number of nitrogens with one attached hydrogen (secondary N) is 1. The molecule has 0 bridgehead atoms. The van der Waals surface area contributed by atoms with Gasteiger partial charge in [0.1, 0.15) is 28.7 Å². The van der Waals surface area contributed by atoms with Crippen molar-refractivity contribution in [2.24, 2.45) is 23.5 Å². The van der Waals surface area contributed by atoms with Gasteiger partial charge in [-0.1, -0.05) is 0 Å². The van der Waals surface area contributed by atoms with Gasteiger partial charge in [0.2, 0.25) is 5.78 Å². The minimum Gasteiger partial charge on any atom is -0.508 e. The number of hydrogen-bond acceptors (Lipinski definition) is 9. The van der Waals surface area contributed by atoms with Crippen LogP contribution < -0.4 is 11.1 Å². The molecule has 6 rings (SSSR count). The van der Waals surface area contributed by atoms with Gasteiger partial charge in [-0.25, -0.2) is 4.39 Å². The SMILES string of the molecule is CN[C@@H]1C(=O)C(C(N)=O)=C(O)[C@@]2(O)C(=O)C3=C(O)c4c(O)c5c(c(F)c4C[C@H]3C[C@@H]12)[C@@H]1[C@@H](CCN1C)C5. The monoisotopic (exact) mass is 513 g/mol. The van der Waals surface area contributed by atoms with Crippen molar-refractivity contribution in [2.45, 2.75) is 43.4 Å². The fourth-order valence-corrected chi connectivity index (χ4v) is 7.64. The van der Waals surface area contributed by atoms with E-state index in [1.54, 1.807) is 0 Å². The summed E-state index contributed by atoms with van der Waals surface area (Å²) in [5, 5.41) is 47.6. The molecule has 1 saturated heterocycles. The molecule has 0 radical (unpaired) electrons. The Balaban J connectivity index is 1.56. The van der Waals surface area contributed by atoms with Crippen molar-refractivity contribution >= 4 is 23.2 Å². The number of fused-ring (bicyclic) bond motifs is 6. The molecule has 6 atom stereocenters. The molecular formula is C26H28FN3O7. The van der Waals surface area contributed by atoms with E-state index in [9.17, 15) is 34.8 Å². The standard InChI is InChI=1S/C26H28FN3O7/c1-29-18-12-7-9-6-10-15(20(31)11-5-8-3-4-30(2)19(8)14(11)17(10)27)21(32)13(9)23(34)26(12,37)24(35)16(22(18)33)25(28)36/h8-9,12,18-19,29,31-32,35,37H,3-7H2,1-2H3,(H2,28,36)/t8-,9-,12-,18-,19-,26-/m0/s1. The number of primary amides is 1. The van der Waals surface area contributed by atoms with Crippen LogP contribution in [-0.4, -0.2) is 75.1 Å². The number of ketones is 2. The third-order valence-electron chi connectivity index (χ3n) is 9.29. The molecule has 1 saturated carbocycles. The molecule has 7 N–H and O–H groups in total. The normalized spacial score (nSPS) is 34.8. The minimum atomic E-state index is -2.71. The molecule has 1 aromatic rings. The van der Waals surface area contributed by atoms with Crippen LogP contribution in [0.5, 0.6) is 5.75 Å². The molecular weight excluding hydrogens is 485 g/mol. The Morgan fingerprint density at radius 2 is 1.89 bits per heavy atom. The number of benzene rings is 1. The number of likely N-dealkylation sites (N-methyl/N-ethyl adjacent to an activating group) is 1. The zero-order chi connectivity index (χ0) is 26.7. The summed E-state index contributed by atoms with van der Waals surface area (Å²) in [6, 6.07) is -1.42. The maximum Gasteiger partial charge on any atom is 0.255 e. The first-order valence-corrected chi connectivity index (χ1v) is 12.4. The Bertz CT molecular complexity index is 1380. The van der Waals surface area contributed by atoms with Crippen LogP contribution in [-0.2, 0) is 27.2 Å². The van der Waals surface area contributed by atoms with Crippen molar-refractivity contribution in [3.8, 4) is 5.75 Å². The summed E-state index contributed by atoms with van der Waals surface area (Å²) in [5.41, 5.74) is 2.13. The van der Waals surface area contributed by atoms with E-state index in [-0.39, 0.29) is 47.3 Å². The van der Waals surface area contributed by atoms with Gasteiger partial charge in [0.15, 0.2) is 11.4 Å². The van der Waals surface area contributed by atoms with E-state index in [0.29, 0.717) is 17.5 Å². The Kier molecular flexibility index (Phi) is 4.96. The van der Waals surface area contributed by atoms with Crippen LogP contribution in [0, 0.1) is 23.6 Å². The quantitative estimate of drug-likeness (QED) is 0.304. The third kappa shape index (κ3) is 2.76. The summed E-state index contributed by atoms with van der Waals surface area (Å²) in [4.78, 5) is 40.7. The number of carbonyl (C=O) groups is 3. The molecule has 0 unspecified atom stereocenters. The third-order valence-corrected chi connectivity index (χ3v) is 9.29. The number of Topliss-reactive ketones (excluding diaryl/α,β-unsaturated/α-hetero) is 2.